The van der Waals surface area contributed by atoms with Crippen LogP contribution in [0.15, 0.2) is 48.5 Å². The van der Waals surface area contributed by atoms with Crippen LogP contribution in [0.5, 0.6) is 17.2 Å². The molecular formula is C20H23NO3. The Bertz CT molecular complexity index is 658. The third-order valence-electron chi connectivity index (χ3n) is 4.15. The van der Waals surface area contributed by atoms with Gasteiger partial charge in [0.2, 0.25) is 0 Å². The summed E-state index contributed by atoms with van der Waals surface area (Å²) in [5.74, 6) is 2.29. The van der Waals surface area contributed by atoms with E-state index in [0.717, 1.165) is 37.4 Å². The lowest BCUT2D eigenvalue weighted by Gasteiger charge is -2.26. The first-order valence-corrected chi connectivity index (χ1v) is 8.46. The molecule has 0 radical (unpaired) electrons. The van der Waals surface area contributed by atoms with Crippen LogP contribution in [0, 0.1) is 6.92 Å². The summed E-state index contributed by atoms with van der Waals surface area (Å²) < 4.78 is 11.4. The van der Waals surface area contributed by atoms with E-state index < -0.39 is 0 Å². The van der Waals surface area contributed by atoms with Gasteiger partial charge in [-0.25, -0.2) is 0 Å². The molecule has 0 atom stereocenters. The van der Waals surface area contributed by atoms with Crippen LogP contribution in [0.3, 0.4) is 0 Å². The molecule has 24 heavy (non-hydrogen) atoms. The molecule has 3 rings (SSSR count). The van der Waals surface area contributed by atoms with Gasteiger partial charge in [-0.2, -0.15) is 0 Å². The smallest absolute Gasteiger partial charge is 0.260 e. The molecule has 2 aromatic rings. The third-order valence-corrected chi connectivity index (χ3v) is 4.15. The lowest BCUT2D eigenvalue weighted by atomic mass is 10.1. The van der Waals surface area contributed by atoms with Gasteiger partial charge in [0.05, 0.1) is 0 Å². The monoisotopic (exact) mass is 325 g/mol. The number of carbonyl (C=O) groups excluding carboxylic acids is 1. The summed E-state index contributed by atoms with van der Waals surface area (Å²) in [4.78, 5) is 14.0. The van der Waals surface area contributed by atoms with Gasteiger partial charge in [0, 0.05) is 13.1 Å². The van der Waals surface area contributed by atoms with Crippen molar-refractivity contribution < 1.29 is 14.3 Å². The van der Waals surface area contributed by atoms with Crippen LogP contribution in [-0.2, 0) is 4.79 Å². The third kappa shape index (κ3) is 4.51. The number of ether oxygens (including phenoxy) is 2. The predicted octanol–water partition coefficient (Wildman–Crippen LogP) is 4.18. The van der Waals surface area contributed by atoms with E-state index in [1.165, 1.54) is 12.0 Å². The quantitative estimate of drug-likeness (QED) is 0.828. The number of aryl methyl sites for hydroxylation is 1. The fourth-order valence-electron chi connectivity index (χ4n) is 2.73. The Hall–Kier alpha value is -2.49. The van der Waals surface area contributed by atoms with Crippen LogP contribution in [0.4, 0.5) is 0 Å². The van der Waals surface area contributed by atoms with E-state index in [0.29, 0.717) is 5.75 Å². The Morgan fingerprint density at radius 1 is 0.875 bits per heavy atom. The largest absolute Gasteiger partial charge is 0.484 e. The molecule has 1 fully saturated rings. The summed E-state index contributed by atoms with van der Waals surface area (Å²) in [6.07, 6.45) is 3.40. The van der Waals surface area contributed by atoms with Gasteiger partial charge in [-0.3, -0.25) is 4.79 Å². The van der Waals surface area contributed by atoms with Crippen molar-refractivity contribution in [2.45, 2.75) is 26.2 Å². The summed E-state index contributed by atoms with van der Waals surface area (Å²) in [7, 11) is 0. The van der Waals surface area contributed by atoms with Crippen LogP contribution >= 0.6 is 0 Å². The van der Waals surface area contributed by atoms with E-state index in [1.54, 1.807) is 0 Å². The van der Waals surface area contributed by atoms with E-state index >= 15 is 0 Å². The molecule has 1 saturated heterocycles. The summed E-state index contributed by atoms with van der Waals surface area (Å²) >= 11 is 0. The standard InChI is InChI=1S/C20H23NO3/c1-16-5-7-18(8-6-16)24-19-11-9-17(10-12-19)23-15-20(22)21-13-3-2-4-14-21/h5-12H,2-4,13-15H2,1H3. The zero-order valence-electron chi connectivity index (χ0n) is 14.0. The molecule has 126 valence electrons. The Kier molecular flexibility index (Phi) is 5.36. The maximum atomic E-state index is 12.1. The maximum absolute atomic E-state index is 12.1. The summed E-state index contributed by atoms with van der Waals surface area (Å²) in [6, 6.07) is 15.3. The topological polar surface area (TPSA) is 38.8 Å². The average molecular weight is 325 g/mol. The van der Waals surface area contributed by atoms with Gasteiger partial charge >= 0.3 is 0 Å². The highest BCUT2D eigenvalue weighted by molar-refractivity contribution is 5.77. The fraction of sp³-hybridized carbons (Fsp3) is 0.350. The molecule has 1 aliphatic rings. The van der Waals surface area contributed by atoms with Gasteiger partial charge in [-0.05, 0) is 62.6 Å². The van der Waals surface area contributed by atoms with E-state index in [9.17, 15) is 4.79 Å². The van der Waals surface area contributed by atoms with Gasteiger partial charge in [0.1, 0.15) is 17.2 Å². The number of hydrogen-bond acceptors (Lipinski definition) is 3. The number of piperidine rings is 1. The highest BCUT2D eigenvalue weighted by atomic mass is 16.5. The van der Waals surface area contributed by atoms with Gasteiger partial charge in [0.15, 0.2) is 6.61 Å². The summed E-state index contributed by atoms with van der Waals surface area (Å²) in [6.45, 7) is 3.84. The van der Waals surface area contributed by atoms with Gasteiger partial charge in [0.25, 0.3) is 5.91 Å². The maximum Gasteiger partial charge on any atom is 0.260 e. The van der Waals surface area contributed by atoms with Crippen molar-refractivity contribution in [1.29, 1.82) is 0 Å². The van der Waals surface area contributed by atoms with Crippen molar-refractivity contribution in [3.63, 3.8) is 0 Å². The molecule has 1 heterocycles. The molecule has 0 spiro atoms. The number of benzene rings is 2. The summed E-state index contributed by atoms with van der Waals surface area (Å²) in [5.41, 5.74) is 1.20. The van der Waals surface area contributed by atoms with Crippen LogP contribution < -0.4 is 9.47 Å². The highest BCUT2D eigenvalue weighted by Gasteiger charge is 2.16. The second-order valence-electron chi connectivity index (χ2n) is 6.12. The Morgan fingerprint density at radius 2 is 1.42 bits per heavy atom. The number of carbonyl (C=O) groups is 1. The van der Waals surface area contributed by atoms with Crippen molar-refractivity contribution in [3.8, 4) is 17.2 Å². The highest BCUT2D eigenvalue weighted by Crippen LogP contribution is 2.24. The lowest BCUT2D eigenvalue weighted by molar-refractivity contribution is -0.134. The van der Waals surface area contributed by atoms with Crippen LogP contribution in [0.25, 0.3) is 0 Å². The molecule has 0 unspecified atom stereocenters. The van der Waals surface area contributed by atoms with Crippen molar-refractivity contribution >= 4 is 5.91 Å². The van der Waals surface area contributed by atoms with Gasteiger partial charge in [-0.15, -0.1) is 0 Å². The van der Waals surface area contributed by atoms with E-state index in [4.69, 9.17) is 9.47 Å². The first-order valence-electron chi connectivity index (χ1n) is 8.46. The molecule has 0 aliphatic carbocycles. The number of hydrogen-bond donors (Lipinski definition) is 0. The Labute approximate surface area is 143 Å². The number of likely N-dealkylation sites (tertiary alicyclic amines) is 1. The number of nitrogens with zero attached hydrogens (tertiary/aromatic N) is 1. The lowest BCUT2D eigenvalue weighted by Crippen LogP contribution is -2.38. The Morgan fingerprint density at radius 3 is 2.04 bits per heavy atom. The van der Waals surface area contributed by atoms with Crippen molar-refractivity contribution in [2.24, 2.45) is 0 Å². The minimum atomic E-state index is 0.0645. The molecular weight excluding hydrogens is 302 g/mol. The van der Waals surface area contributed by atoms with Gasteiger partial charge < -0.3 is 14.4 Å². The first kappa shape index (κ1) is 16.4. The molecule has 4 nitrogen and oxygen atoms in total. The van der Waals surface area contributed by atoms with E-state index in [1.807, 2.05) is 60.4 Å². The minimum absolute atomic E-state index is 0.0645. The predicted molar refractivity (Wildman–Crippen MR) is 93.6 cm³/mol. The fourth-order valence-corrected chi connectivity index (χ4v) is 2.73. The first-order chi connectivity index (χ1) is 11.7. The Balaban J connectivity index is 1.50. The normalized spacial score (nSPS) is 14.3. The second kappa shape index (κ2) is 7.86. The SMILES string of the molecule is Cc1ccc(Oc2ccc(OCC(=O)N3CCCCC3)cc2)cc1. The van der Waals surface area contributed by atoms with Crippen molar-refractivity contribution in [1.82, 2.24) is 4.90 Å². The molecule has 0 saturated carbocycles. The molecule has 1 amide bonds. The van der Waals surface area contributed by atoms with Crippen LogP contribution in [-0.4, -0.2) is 30.5 Å². The number of rotatable bonds is 5. The summed E-state index contributed by atoms with van der Waals surface area (Å²) in [5, 5.41) is 0. The van der Waals surface area contributed by atoms with Gasteiger partial charge in [-0.1, -0.05) is 17.7 Å². The minimum Gasteiger partial charge on any atom is -0.484 e. The molecule has 0 aromatic heterocycles. The van der Waals surface area contributed by atoms with Crippen LogP contribution in [0.1, 0.15) is 24.8 Å². The average Bonchev–Trinajstić information content (AvgIpc) is 2.63. The number of amides is 1. The zero-order chi connectivity index (χ0) is 16.8. The molecule has 4 heteroatoms. The second-order valence-corrected chi connectivity index (χ2v) is 6.12. The van der Waals surface area contributed by atoms with Crippen molar-refractivity contribution in [3.05, 3.63) is 54.1 Å². The molecule has 0 N–H and O–H groups in total. The van der Waals surface area contributed by atoms with Crippen molar-refractivity contribution in [2.75, 3.05) is 19.7 Å². The molecule has 0 bridgehead atoms. The van der Waals surface area contributed by atoms with E-state index in [2.05, 4.69) is 0 Å². The molecule has 2 aromatic carbocycles. The van der Waals surface area contributed by atoms with Crippen LogP contribution in [0.2, 0.25) is 0 Å². The molecule has 1 aliphatic heterocycles. The van der Waals surface area contributed by atoms with E-state index in [-0.39, 0.29) is 12.5 Å². The zero-order valence-corrected chi connectivity index (χ0v) is 14.0.